The number of rotatable bonds is 4. The predicted octanol–water partition coefficient (Wildman–Crippen LogP) is 1.47. The Morgan fingerprint density at radius 2 is 2.00 bits per heavy atom. The van der Waals surface area contributed by atoms with Gasteiger partial charge >= 0.3 is 0 Å². The molecule has 140 valence electrons. The lowest BCUT2D eigenvalue weighted by atomic mass is 10.00. The molecule has 4 rings (SSSR count). The highest BCUT2D eigenvalue weighted by atomic mass is 32.2. The van der Waals surface area contributed by atoms with Crippen LogP contribution in [0.15, 0.2) is 35.5 Å². The number of amides is 1. The van der Waals surface area contributed by atoms with E-state index in [1.165, 1.54) is 27.6 Å². The summed E-state index contributed by atoms with van der Waals surface area (Å²) in [5.41, 5.74) is 4.35. The van der Waals surface area contributed by atoms with Gasteiger partial charge in [-0.1, -0.05) is 36.0 Å². The van der Waals surface area contributed by atoms with Gasteiger partial charge in [0, 0.05) is 18.8 Å². The summed E-state index contributed by atoms with van der Waals surface area (Å²) in [7, 11) is 0. The van der Waals surface area contributed by atoms with Crippen LogP contribution in [0.25, 0.3) is 5.95 Å². The Bertz CT molecular complexity index is 994. The van der Waals surface area contributed by atoms with Crippen molar-refractivity contribution in [2.75, 3.05) is 18.1 Å². The van der Waals surface area contributed by atoms with E-state index in [1.807, 2.05) is 36.9 Å². The van der Waals surface area contributed by atoms with E-state index in [9.17, 15) is 4.79 Å². The summed E-state index contributed by atoms with van der Waals surface area (Å²) in [6.07, 6.45) is 0.891. The van der Waals surface area contributed by atoms with E-state index < -0.39 is 0 Å². The number of aryl methyl sites for hydroxylation is 2. The Balaban J connectivity index is 1.42. The number of aromatic nitrogens is 5. The fourth-order valence-electron chi connectivity index (χ4n) is 3.27. The summed E-state index contributed by atoms with van der Waals surface area (Å²) in [6, 6.07) is 10.2. The summed E-state index contributed by atoms with van der Waals surface area (Å²) in [6.45, 7) is 5.23. The minimum Gasteiger partial charge on any atom is -0.337 e. The van der Waals surface area contributed by atoms with Gasteiger partial charge in [-0.2, -0.15) is 5.10 Å². The summed E-state index contributed by atoms with van der Waals surface area (Å²) in [5, 5.41) is 13.1. The van der Waals surface area contributed by atoms with Crippen LogP contribution >= 0.6 is 11.8 Å². The van der Waals surface area contributed by atoms with Gasteiger partial charge in [-0.3, -0.25) is 4.79 Å². The van der Waals surface area contributed by atoms with E-state index in [4.69, 9.17) is 5.84 Å². The first-order valence-electron chi connectivity index (χ1n) is 8.74. The maximum Gasteiger partial charge on any atom is 0.271 e. The predicted molar refractivity (Wildman–Crippen MR) is 103 cm³/mol. The smallest absolute Gasteiger partial charge is 0.271 e. The van der Waals surface area contributed by atoms with E-state index >= 15 is 0 Å². The van der Waals surface area contributed by atoms with Crippen molar-refractivity contribution in [1.29, 1.82) is 0 Å². The van der Waals surface area contributed by atoms with Crippen molar-refractivity contribution in [2.24, 2.45) is 0 Å². The molecule has 1 aliphatic rings. The lowest BCUT2D eigenvalue weighted by Crippen LogP contribution is -2.37. The molecule has 27 heavy (non-hydrogen) atoms. The number of nitrogens with zero attached hydrogens (tertiary/aromatic N) is 6. The molecule has 0 atom stereocenters. The van der Waals surface area contributed by atoms with Crippen molar-refractivity contribution >= 4 is 17.7 Å². The molecule has 2 aromatic heterocycles. The third-order valence-corrected chi connectivity index (χ3v) is 5.58. The van der Waals surface area contributed by atoms with Crippen LogP contribution in [-0.2, 0) is 17.8 Å². The van der Waals surface area contributed by atoms with Crippen LogP contribution in [0.1, 0.15) is 22.5 Å². The standard InChI is InChI=1S/C18H21N7OS/c1-12-9-13(2)25(22-12)17-20-21-18(24(17)19)27-11-16(26)23-8-7-14-5-3-4-6-15(14)10-23/h3-6,9H,7-8,10-11,19H2,1-2H3. The normalized spacial score (nSPS) is 13.6. The second-order valence-electron chi connectivity index (χ2n) is 6.61. The van der Waals surface area contributed by atoms with Gasteiger partial charge in [-0.15, -0.1) is 10.2 Å². The minimum absolute atomic E-state index is 0.0742. The van der Waals surface area contributed by atoms with Crippen LogP contribution in [-0.4, -0.2) is 47.8 Å². The highest BCUT2D eigenvalue weighted by Crippen LogP contribution is 2.22. The molecule has 2 N–H and O–H groups in total. The summed E-state index contributed by atoms with van der Waals surface area (Å²) >= 11 is 1.29. The Morgan fingerprint density at radius 3 is 2.74 bits per heavy atom. The van der Waals surface area contributed by atoms with E-state index in [1.54, 1.807) is 4.68 Å². The highest BCUT2D eigenvalue weighted by Gasteiger charge is 2.22. The second-order valence-corrected chi connectivity index (χ2v) is 7.56. The van der Waals surface area contributed by atoms with Gasteiger partial charge < -0.3 is 10.7 Å². The molecule has 0 bridgehead atoms. The lowest BCUT2D eigenvalue weighted by molar-refractivity contribution is -0.129. The molecule has 0 aliphatic carbocycles. The van der Waals surface area contributed by atoms with Crippen molar-refractivity contribution in [1.82, 2.24) is 29.6 Å². The van der Waals surface area contributed by atoms with Gasteiger partial charge in [0.25, 0.3) is 5.95 Å². The molecule has 1 aromatic carbocycles. The van der Waals surface area contributed by atoms with Gasteiger partial charge in [0.2, 0.25) is 11.1 Å². The maximum absolute atomic E-state index is 12.6. The molecule has 0 saturated carbocycles. The van der Waals surface area contributed by atoms with Crippen molar-refractivity contribution in [2.45, 2.75) is 32.0 Å². The van der Waals surface area contributed by atoms with E-state index in [-0.39, 0.29) is 11.7 Å². The molecular formula is C18H21N7OS. The van der Waals surface area contributed by atoms with Crippen LogP contribution in [0.2, 0.25) is 0 Å². The van der Waals surface area contributed by atoms with E-state index in [0.29, 0.717) is 17.6 Å². The molecule has 1 amide bonds. The first-order chi connectivity index (χ1) is 13.0. The highest BCUT2D eigenvalue weighted by molar-refractivity contribution is 7.99. The number of fused-ring (bicyclic) bond motifs is 1. The van der Waals surface area contributed by atoms with Gasteiger partial charge in [0.1, 0.15) is 0 Å². The number of hydrogen-bond acceptors (Lipinski definition) is 6. The SMILES string of the molecule is Cc1cc(C)n(-c2nnc(SCC(=O)N3CCc4ccccc4C3)n2N)n1. The summed E-state index contributed by atoms with van der Waals surface area (Å²) < 4.78 is 3.03. The number of nitrogen functional groups attached to an aromatic ring is 1. The van der Waals surface area contributed by atoms with Crippen LogP contribution in [0.3, 0.4) is 0 Å². The third-order valence-electron chi connectivity index (χ3n) is 4.65. The number of hydrogen-bond donors (Lipinski definition) is 1. The molecule has 3 heterocycles. The van der Waals surface area contributed by atoms with Crippen LogP contribution < -0.4 is 5.84 Å². The summed E-state index contributed by atoms with van der Waals surface area (Å²) in [4.78, 5) is 14.5. The van der Waals surface area contributed by atoms with Gasteiger partial charge in [0.05, 0.1) is 11.4 Å². The van der Waals surface area contributed by atoms with Gasteiger partial charge in [-0.25, -0.2) is 9.36 Å². The average molecular weight is 383 g/mol. The second kappa shape index (κ2) is 7.07. The van der Waals surface area contributed by atoms with Crippen molar-refractivity contribution in [3.63, 3.8) is 0 Å². The molecular weight excluding hydrogens is 362 g/mol. The van der Waals surface area contributed by atoms with E-state index in [2.05, 4.69) is 27.4 Å². The van der Waals surface area contributed by atoms with Gasteiger partial charge in [-0.05, 0) is 37.5 Å². The Morgan fingerprint density at radius 1 is 1.22 bits per heavy atom. The number of nitrogens with two attached hydrogens (primary N) is 1. The van der Waals surface area contributed by atoms with Gasteiger partial charge in [0.15, 0.2) is 0 Å². The zero-order valence-corrected chi connectivity index (χ0v) is 16.1. The Kier molecular flexibility index (Phi) is 4.61. The first kappa shape index (κ1) is 17.6. The van der Waals surface area contributed by atoms with Crippen molar-refractivity contribution < 1.29 is 4.79 Å². The van der Waals surface area contributed by atoms with E-state index in [0.717, 1.165) is 24.4 Å². The molecule has 9 heteroatoms. The molecule has 0 unspecified atom stereocenters. The first-order valence-corrected chi connectivity index (χ1v) is 9.73. The summed E-state index contributed by atoms with van der Waals surface area (Å²) in [5.74, 6) is 6.91. The topological polar surface area (TPSA) is 94.9 Å². The fourth-order valence-corrected chi connectivity index (χ4v) is 4.02. The molecule has 1 aliphatic heterocycles. The zero-order chi connectivity index (χ0) is 19.0. The molecule has 0 saturated heterocycles. The third kappa shape index (κ3) is 3.42. The fraction of sp³-hybridized carbons (Fsp3) is 0.333. The molecule has 0 fully saturated rings. The zero-order valence-electron chi connectivity index (χ0n) is 15.3. The quantitative estimate of drug-likeness (QED) is 0.542. The van der Waals surface area contributed by atoms with Crippen LogP contribution in [0, 0.1) is 13.8 Å². The van der Waals surface area contributed by atoms with Crippen molar-refractivity contribution in [3.05, 3.63) is 52.8 Å². The van der Waals surface area contributed by atoms with Crippen molar-refractivity contribution in [3.8, 4) is 5.95 Å². The Hall–Kier alpha value is -2.81. The average Bonchev–Trinajstić information content (AvgIpc) is 3.20. The molecule has 8 nitrogen and oxygen atoms in total. The molecule has 0 radical (unpaired) electrons. The number of carbonyl (C=O) groups excluding carboxylic acids is 1. The Labute approximate surface area is 161 Å². The maximum atomic E-state index is 12.6. The van der Waals surface area contributed by atoms with Crippen LogP contribution in [0.5, 0.6) is 0 Å². The molecule has 3 aromatic rings. The number of thioether (sulfide) groups is 1. The minimum atomic E-state index is 0.0742. The molecule has 0 spiro atoms. The van der Waals surface area contributed by atoms with Crippen LogP contribution in [0.4, 0.5) is 0 Å². The monoisotopic (exact) mass is 383 g/mol. The number of benzene rings is 1. The largest absolute Gasteiger partial charge is 0.337 e. The number of carbonyl (C=O) groups is 1. The lowest BCUT2D eigenvalue weighted by Gasteiger charge is -2.28.